The van der Waals surface area contributed by atoms with Gasteiger partial charge in [0.15, 0.2) is 5.01 Å². The minimum Gasteiger partial charge on any atom is -0.329 e. The lowest BCUT2D eigenvalue weighted by Crippen LogP contribution is -2.42. The summed E-state index contributed by atoms with van der Waals surface area (Å²) in [5.74, 6) is 0.195. The Morgan fingerprint density at radius 3 is 2.95 bits per heavy atom. The smallest absolute Gasteiger partial charge is 0.283 e. The molecule has 3 aliphatic rings. The molecular formula is C15H21N3OS. The van der Waals surface area contributed by atoms with E-state index in [0.717, 1.165) is 43.8 Å². The summed E-state index contributed by atoms with van der Waals surface area (Å²) in [7, 11) is 0. The lowest BCUT2D eigenvalue weighted by atomic mass is 10.0. The highest BCUT2D eigenvalue weighted by atomic mass is 32.1. The number of amides is 1. The molecule has 0 saturated carbocycles. The van der Waals surface area contributed by atoms with Crippen molar-refractivity contribution in [3.63, 3.8) is 0 Å². The molecule has 108 valence electrons. The molecule has 0 radical (unpaired) electrons. The second-order valence-corrected chi connectivity index (χ2v) is 7.27. The summed E-state index contributed by atoms with van der Waals surface area (Å²) in [6.45, 7) is 1.99. The molecule has 2 saturated heterocycles. The number of fused-ring (bicyclic) bond motifs is 3. The lowest BCUT2D eigenvalue weighted by Gasteiger charge is -2.26. The van der Waals surface area contributed by atoms with Crippen LogP contribution in [-0.2, 0) is 12.8 Å². The number of hydrogen-bond donors (Lipinski definition) is 1. The molecule has 3 heterocycles. The van der Waals surface area contributed by atoms with Gasteiger partial charge in [-0.3, -0.25) is 4.79 Å². The van der Waals surface area contributed by atoms with E-state index in [2.05, 4.69) is 15.2 Å². The average Bonchev–Trinajstić information content (AvgIpc) is 2.98. The summed E-state index contributed by atoms with van der Waals surface area (Å²) in [6.07, 6.45) is 8.07. The molecule has 1 N–H and O–H groups in total. The van der Waals surface area contributed by atoms with E-state index in [1.165, 1.54) is 29.8 Å². The van der Waals surface area contributed by atoms with Crippen LogP contribution in [0, 0.1) is 0 Å². The van der Waals surface area contributed by atoms with E-state index in [0.29, 0.717) is 12.1 Å². The number of aryl methyl sites for hydroxylation is 2. The fraction of sp³-hybridized carbons (Fsp3) is 0.733. The van der Waals surface area contributed by atoms with Crippen LogP contribution in [0.15, 0.2) is 0 Å². The molecule has 0 spiro atoms. The van der Waals surface area contributed by atoms with Crippen LogP contribution in [0.25, 0.3) is 0 Å². The van der Waals surface area contributed by atoms with Crippen LogP contribution in [0.4, 0.5) is 0 Å². The molecule has 4 nitrogen and oxygen atoms in total. The Morgan fingerprint density at radius 2 is 2.05 bits per heavy atom. The van der Waals surface area contributed by atoms with Crippen molar-refractivity contribution in [2.75, 3.05) is 13.1 Å². The maximum Gasteiger partial charge on any atom is 0.283 e. The standard InChI is InChI=1S/C15H21N3OS/c19-15(14-17-12-3-1-2-4-13(12)20-14)18-10-5-6-11(18)9-16-8-7-10/h10-11,16H,1-9H2/t10-,11+/m0/s1. The van der Waals surface area contributed by atoms with E-state index >= 15 is 0 Å². The molecule has 2 aliphatic heterocycles. The fourth-order valence-electron chi connectivity index (χ4n) is 3.87. The minimum atomic E-state index is 0.195. The summed E-state index contributed by atoms with van der Waals surface area (Å²) in [6, 6.07) is 0.819. The van der Waals surface area contributed by atoms with Crippen LogP contribution in [0.1, 0.15) is 52.5 Å². The van der Waals surface area contributed by atoms with Gasteiger partial charge in [0, 0.05) is 23.5 Å². The first-order chi connectivity index (χ1) is 9.83. The largest absolute Gasteiger partial charge is 0.329 e. The van der Waals surface area contributed by atoms with E-state index in [1.54, 1.807) is 11.3 Å². The van der Waals surface area contributed by atoms with Gasteiger partial charge in [-0.05, 0) is 51.5 Å². The maximum absolute atomic E-state index is 12.9. The van der Waals surface area contributed by atoms with Crippen molar-refractivity contribution in [2.24, 2.45) is 0 Å². The number of aromatic nitrogens is 1. The van der Waals surface area contributed by atoms with Gasteiger partial charge in [0.25, 0.3) is 5.91 Å². The van der Waals surface area contributed by atoms with Crippen molar-refractivity contribution in [1.29, 1.82) is 0 Å². The Balaban J connectivity index is 1.61. The topological polar surface area (TPSA) is 45.2 Å². The van der Waals surface area contributed by atoms with Gasteiger partial charge in [0.1, 0.15) is 0 Å². The summed E-state index contributed by atoms with van der Waals surface area (Å²) >= 11 is 1.65. The van der Waals surface area contributed by atoms with Gasteiger partial charge in [-0.1, -0.05) is 0 Å². The predicted molar refractivity (Wildman–Crippen MR) is 79.2 cm³/mol. The highest BCUT2D eigenvalue weighted by Gasteiger charge is 2.39. The van der Waals surface area contributed by atoms with Crippen molar-refractivity contribution < 1.29 is 4.79 Å². The van der Waals surface area contributed by atoms with Crippen molar-refractivity contribution >= 4 is 17.2 Å². The Hall–Kier alpha value is -0.940. The van der Waals surface area contributed by atoms with Gasteiger partial charge in [-0.15, -0.1) is 11.3 Å². The Bertz CT molecular complexity index is 490. The Morgan fingerprint density at radius 1 is 1.20 bits per heavy atom. The highest BCUT2D eigenvalue weighted by Crippen LogP contribution is 2.32. The van der Waals surface area contributed by atoms with Gasteiger partial charge in [-0.2, -0.15) is 0 Å². The zero-order chi connectivity index (χ0) is 13.5. The molecular weight excluding hydrogens is 270 g/mol. The lowest BCUT2D eigenvalue weighted by molar-refractivity contribution is 0.0679. The second-order valence-electron chi connectivity index (χ2n) is 6.19. The van der Waals surface area contributed by atoms with E-state index in [1.807, 2.05) is 0 Å². The van der Waals surface area contributed by atoms with Crippen LogP contribution in [0.3, 0.4) is 0 Å². The minimum absolute atomic E-state index is 0.195. The molecule has 2 atom stereocenters. The van der Waals surface area contributed by atoms with Crippen LogP contribution in [0.2, 0.25) is 0 Å². The van der Waals surface area contributed by atoms with Crippen molar-refractivity contribution in [3.8, 4) is 0 Å². The molecule has 0 unspecified atom stereocenters. The molecule has 5 heteroatoms. The number of rotatable bonds is 1. The third-order valence-corrected chi connectivity index (χ3v) is 6.06. The van der Waals surface area contributed by atoms with E-state index in [-0.39, 0.29) is 5.91 Å². The van der Waals surface area contributed by atoms with Crippen LogP contribution in [-0.4, -0.2) is 41.0 Å². The van der Waals surface area contributed by atoms with Gasteiger partial charge in [-0.25, -0.2) is 4.98 Å². The average molecular weight is 291 g/mol. The quantitative estimate of drug-likeness (QED) is 0.860. The molecule has 2 fully saturated rings. The monoisotopic (exact) mass is 291 g/mol. The van der Waals surface area contributed by atoms with Gasteiger partial charge in [0.2, 0.25) is 0 Å². The fourth-order valence-corrected chi connectivity index (χ4v) is 4.96. The molecule has 2 bridgehead atoms. The zero-order valence-corrected chi connectivity index (χ0v) is 12.5. The van der Waals surface area contributed by atoms with Crippen LogP contribution >= 0.6 is 11.3 Å². The molecule has 20 heavy (non-hydrogen) atoms. The molecule has 0 aromatic carbocycles. The number of carbonyl (C=O) groups excluding carboxylic acids is 1. The first-order valence-electron chi connectivity index (χ1n) is 7.85. The molecule has 1 aliphatic carbocycles. The summed E-state index contributed by atoms with van der Waals surface area (Å²) in [5.41, 5.74) is 1.20. The summed E-state index contributed by atoms with van der Waals surface area (Å²) in [5, 5.41) is 4.20. The normalized spacial score (nSPS) is 29.1. The van der Waals surface area contributed by atoms with Crippen molar-refractivity contribution in [1.82, 2.24) is 15.2 Å². The third-order valence-electron chi connectivity index (χ3n) is 4.92. The van der Waals surface area contributed by atoms with Gasteiger partial charge >= 0.3 is 0 Å². The predicted octanol–water partition coefficient (Wildman–Crippen LogP) is 1.99. The van der Waals surface area contributed by atoms with E-state index in [4.69, 9.17) is 0 Å². The first-order valence-corrected chi connectivity index (χ1v) is 8.66. The van der Waals surface area contributed by atoms with Crippen molar-refractivity contribution in [2.45, 2.75) is 57.0 Å². The Kier molecular flexibility index (Phi) is 3.27. The number of nitrogens with zero attached hydrogens (tertiary/aromatic N) is 2. The molecule has 1 aromatic rings. The number of nitrogens with one attached hydrogen (secondary N) is 1. The third kappa shape index (κ3) is 2.07. The van der Waals surface area contributed by atoms with Crippen LogP contribution in [0.5, 0.6) is 0 Å². The molecule has 4 rings (SSSR count). The zero-order valence-electron chi connectivity index (χ0n) is 11.7. The summed E-state index contributed by atoms with van der Waals surface area (Å²) < 4.78 is 0. The van der Waals surface area contributed by atoms with Gasteiger partial charge < -0.3 is 10.2 Å². The SMILES string of the molecule is O=C(c1nc2c(s1)CCCC2)N1[C@@H]2CCNC[C@H]1CC2. The van der Waals surface area contributed by atoms with Crippen molar-refractivity contribution in [3.05, 3.63) is 15.6 Å². The highest BCUT2D eigenvalue weighted by molar-refractivity contribution is 7.13. The van der Waals surface area contributed by atoms with E-state index in [9.17, 15) is 4.79 Å². The van der Waals surface area contributed by atoms with Gasteiger partial charge in [0.05, 0.1) is 5.69 Å². The Labute approximate surface area is 123 Å². The number of hydrogen-bond acceptors (Lipinski definition) is 4. The number of thiazole rings is 1. The molecule has 1 aromatic heterocycles. The number of carbonyl (C=O) groups is 1. The second kappa shape index (κ2) is 5.11. The summed E-state index contributed by atoms with van der Waals surface area (Å²) in [4.78, 5) is 21.0. The van der Waals surface area contributed by atoms with Crippen LogP contribution < -0.4 is 5.32 Å². The molecule has 1 amide bonds. The van der Waals surface area contributed by atoms with E-state index < -0.39 is 0 Å². The maximum atomic E-state index is 12.9. The first kappa shape index (κ1) is 12.8.